The second kappa shape index (κ2) is 8.10. The highest BCUT2D eigenvalue weighted by Crippen LogP contribution is 2.19. The Morgan fingerprint density at radius 2 is 1.62 bits per heavy atom. The summed E-state index contributed by atoms with van der Waals surface area (Å²) in [5, 5.41) is 5.64. The van der Waals surface area contributed by atoms with Crippen LogP contribution in [0.5, 0.6) is 0 Å². The van der Waals surface area contributed by atoms with Gasteiger partial charge in [0.2, 0.25) is 0 Å². The number of carbonyl (C=O) groups is 2. The van der Waals surface area contributed by atoms with Gasteiger partial charge < -0.3 is 10.1 Å². The third-order valence-corrected chi connectivity index (χ3v) is 4.89. The monoisotopic (exact) mass is 384 g/mol. The van der Waals surface area contributed by atoms with Crippen LogP contribution in [0.15, 0.2) is 78.9 Å². The summed E-state index contributed by atoms with van der Waals surface area (Å²) < 4.78 is 4.91. The summed E-state index contributed by atoms with van der Waals surface area (Å²) >= 11 is 0. The molecule has 0 aliphatic rings. The van der Waals surface area contributed by atoms with Crippen LogP contribution in [0.2, 0.25) is 0 Å². The average molecular weight is 384 g/mol. The topological polar surface area (TPSA) is 68.3 Å². The average Bonchev–Trinajstić information content (AvgIpc) is 2.77. The largest absolute Gasteiger partial charge is 0.467 e. The number of amides is 1. The van der Waals surface area contributed by atoms with Crippen molar-refractivity contribution in [1.82, 2.24) is 10.3 Å². The van der Waals surface area contributed by atoms with E-state index in [1.54, 1.807) is 6.07 Å². The van der Waals surface area contributed by atoms with Gasteiger partial charge in [-0.2, -0.15) is 0 Å². The van der Waals surface area contributed by atoms with Gasteiger partial charge in [0.05, 0.1) is 12.6 Å². The van der Waals surface area contributed by atoms with E-state index < -0.39 is 12.0 Å². The number of hydrogen-bond acceptors (Lipinski definition) is 4. The van der Waals surface area contributed by atoms with E-state index in [4.69, 9.17) is 4.74 Å². The normalized spacial score (nSPS) is 11.9. The summed E-state index contributed by atoms with van der Waals surface area (Å²) in [6.07, 6.45) is 0.244. The number of rotatable bonds is 5. The molecule has 1 N–H and O–H groups in total. The van der Waals surface area contributed by atoms with Gasteiger partial charge in [-0.1, -0.05) is 60.7 Å². The van der Waals surface area contributed by atoms with Gasteiger partial charge >= 0.3 is 5.97 Å². The molecule has 29 heavy (non-hydrogen) atoms. The fourth-order valence-electron chi connectivity index (χ4n) is 3.43. The van der Waals surface area contributed by atoms with Crippen molar-refractivity contribution in [2.24, 2.45) is 0 Å². The van der Waals surface area contributed by atoms with E-state index >= 15 is 0 Å². The van der Waals surface area contributed by atoms with E-state index in [2.05, 4.69) is 10.3 Å². The molecule has 0 saturated carbocycles. The van der Waals surface area contributed by atoms with Gasteiger partial charge in [-0.05, 0) is 29.0 Å². The second-order valence-electron chi connectivity index (χ2n) is 6.78. The number of esters is 1. The maximum absolute atomic E-state index is 13.0. The molecule has 5 heteroatoms. The lowest BCUT2D eigenvalue weighted by molar-refractivity contribution is -0.142. The molecule has 1 heterocycles. The van der Waals surface area contributed by atoms with E-state index in [-0.39, 0.29) is 12.3 Å². The molecule has 0 bridgehead atoms. The molecule has 0 spiro atoms. The number of carbonyl (C=O) groups excluding carboxylic acids is 2. The summed E-state index contributed by atoms with van der Waals surface area (Å²) in [6.45, 7) is 0. The molecule has 3 aromatic carbocycles. The van der Waals surface area contributed by atoms with Crippen LogP contribution in [0.4, 0.5) is 0 Å². The zero-order chi connectivity index (χ0) is 20.2. The van der Waals surface area contributed by atoms with Crippen molar-refractivity contribution in [1.29, 1.82) is 0 Å². The van der Waals surface area contributed by atoms with Crippen molar-refractivity contribution in [3.05, 3.63) is 90.1 Å². The molecule has 0 aliphatic carbocycles. The van der Waals surface area contributed by atoms with Gasteiger partial charge in [0.15, 0.2) is 0 Å². The number of aromatic nitrogens is 1. The molecule has 1 aromatic heterocycles. The van der Waals surface area contributed by atoms with Crippen LogP contribution in [-0.2, 0) is 16.0 Å². The highest BCUT2D eigenvalue weighted by atomic mass is 16.5. The predicted molar refractivity (Wildman–Crippen MR) is 113 cm³/mol. The van der Waals surface area contributed by atoms with Crippen molar-refractivity contribution in [2.45, 2.75) is 12.5 Å². The summed E-state index contributed by atoms with van der Waals surface area (Å²) in [7, 11) is 1.31. The number of benzene rings is 3. The fourth-order valence-corrected chi connectivity index (χ4v) is 3.43. The highest BCUT2D eigenvalue weighted by Gasteiger charge is 2.24. The molecule has 0 aliphatic heterocycles. The Morgan fingerprint density at radius 1 is 0.897 bits per heavy atom. The molecule has 4 rings (SSSR count). The first-order valence-corrected chi connectivity index (χ1v) is 9.37. The van der Waals surface area contributed by atoms with Gasteiger partial charge in [0.1, 0.15) is 6.04 Å². The summed E-state index contributed by atoms with van der Waals surface area (Å²) in [5.41, 5.74) is 2.06. The Labute approximate surface area is 168 Å². The number of nitrogens with zero attached hydrogens (tertiary/aromatic N) is 1. The van der Waals surface area contributed by atoms with Crippen LogP contribution in [0, 0.1) is 0 Å². The number of hydrogen-bond donors (Lipinski definition) is 1. The summed E-state index contributed by atoms with van der Waals surface area (Å²) in [4.78, 5) is 29.9. The van der Waals surface area contributed by atoms with E-state index in [0.717, 1.165) is 21.7 Å². The number of nitrogens with one attached hydrogen (secondary N) is 1. The molecule has 0 radical (unpaired) electrons. The standard InChI is InChI=1S/C24H20N2O3/c1-29-24(28)22(15-18-14-13-17-8-3-5-12-21(17)25-18)26-23(27)20-11-6-9-16-7-2-4-10-19(16)20/h2-14,22H,15H2,1H3,(H,26,27)/t22-/m0/s1. The SMILES string of the molecule is COC(=O)[C@H](Cc1ccc2ccccc2n1)NC(=O)c1cccc2ccccc12. The number of methoxy groups -OCH3 is 1. The molecule has 5 nitrogen and oxygen atoms in total. The smallest absolute Gasteiger partial charge is 0.328 e. The van der Waals surface area contributed by atoms with Gasteiger partial charge in [0, 0.05) is 23.1 Å². The lowest BCUT2D eigenvalue weighted by atomic mass is 10.0. The molecule has 1 atom stereocenters. The predicted octanol–water partition coefficient (Wildman–Crippen LogP) is 3.90. The Kier molecular flexibility index (Phi) is 5.20. The zero-order valence-electron chi connectivity index (χ0n) is 16.0. The van der Waals surface area contributed by atoms with Crippen LogP contribution in [0.25, 0.3) is 21.7 Å². The third-order valence-electron chi connectivity index (χ3n) is 4.89. The fraction of sp³-hybridized carbons (Fsp3) is 0.125. The molecule has 144 valence electrons. The van der Waals surface area contributed by atoms with Crippen molar-refractivity contribution in [2.75, 3.05) is 7.11 Å². The number of fused-ring (bicyclic) bond motifs is 2. The highest BCUT2D eigenvalue weighted by molar-refractivity contribution is 6.08. The van der Waals surface area contributed by atoms with Crippen LogP contribution < -0.4 is 5.32 Å². The molecular weight excluding hydrogens is 364 g/mol. The molecule has 0 unspecified atom stereocenters. The Morgan fingerprint density at radius 3 is 2.45 bits per heavy atom. The molecule has 1 amide bonds. The van der Waals surface area contributed by atoms with Crippen molar-refractivity contribution < 1.29 is 14.3 Å². The summed E-state index contributed by atoms with van der Waals surface area (Å²) in [5.74, 6) is -0.827. The van der Waals surface area contributed by atoms with E-state index in [0.29, 0.717) is 11.3 Å². The third kappa shape index (κ3) is 3.94. The molecule has 0 fully saturated rings. The van der Waals surface area contributed by atoms with Gasteiger partial charge in [0.25, 0.3) is 5.91 Å². The summed E-state index contributed by atoms with van der Waals surface area (Å²) in [6, 6.07) is 23.9. The molecular formula is C24H20N2O3. The first-order chi connectivity index (χ1) is 14.2. The van der Waals surface area contributed by atoms with Crippen LogP contribution >= 0.6 is 0 Å². The van der Waals surface area contributed by atoms with Crippen molar-refractivity contribution in [3.8, 4) is 0 Å². The Bertz CT molecular complexity index is 1200. The van der Waals surface area contributed by atoms with Crippen LogP contribution in [0.3, 0.4) is 0 Å². The number of pyridine rings is 1. The Balaban J connectivity index is 1.61. The van der Waals surface area contributed by atoms with E-state index in [1.165, 1.54) is 7.11 Å². The van der Waals surface area contributed by atoms with Gasteiger partial charge in [-0.3, -0.25) is 9.78 Å². The minimum Gasteiger partial charge on any atom is -0.467 e. The maximum atomic E-state index is 13.0. The van der Waals surface area contributed by atoms with Crippen molar-refractivity contribution >= 4 is 33.6 Å². The maximum Gasteiger partial charge on any atom is 0.328 e. The second-order valence-corrected chi connectivity index (χ2v) is 6.78. The Hall–Kier alpha value is -3.73. The zero-order valence-corrected chi connectivity index (χ0v) is 16.0. The van der Waals surface area contributed by atoms with Crippen molar-refractivity contribution in [3.63, 3.8) is 0 Å². The van der Waals surface area contributed by atoms with Crippen LogP contribution in [0.1, 0.15) is 16.1 Å². The number of para-hydroxylation sites is 1. The first kappa shape index (κ1) is 18.6. The first-order valence-electron chi connectivity index (χ1n) is 9.37. The van der Waals surface area contributed by atoms with Gasteiger partial charge in [-0.15, -0.1) is 0 Å². The number of ether oxygens (including phenoxy) is 1. The lowest BCUT2D eigenvalue weighted by Crippen LogP contribution is -2.43. The quantitative estimate of drug-likeness (QED) is 0.530. The van der Waals surface area contributed by atoms with E-state index in [9.17, 15) is 9.59 Å². The lowest BCUT2D eigenvalue weighted by Gasteiger charge is -2.17. The van der Waals surface area contributed by atoms with E-state index in [1.807, 2.05) is 72.8 Å². The molecule has 4 aromatic rings. The van der Waals surface area contributed by atoms with Gasteiger partial charge in [-0.25, -0.2) is 4.79 Å². The minimum absolute atomic E-state index is 0.244. The minimum atomic E-state index is -0.833. The molecule has 0 saturated heterocycles. The van der Waals surface area contributed by atoms with Crippen LogP contribution in [-0.4, -0.2) is 30.0 Å².